The van der Waals surface area contributed by atoms with E-state index in [4.69, 9.17) is 19.9 Å². The number of methoxy groups -OCH3 is 2. The number of hydrogen-bond donors (Lipinski definition) is 4. The van der Waals surface area contributed by atoms with Gasteiger partial charge in [0.15, 0.2) is 11.5 Å². The zero-order valence-corrected chi connectivity index (χ0v) is 23.8. The third kappa shape index (κ3) is 9.74. The zero-order chi connectivity index (χ0) is 27.4. The van der Waals surface area contributed by atoms with Crippen LogP contribution in [0, 0.1) is 17.3 Å². The second-order valence-corrected chi connectivity index (χ2v) is 11.3. The maximum absolute atomic E-state index is 12.9. The van der Waals surface area contributed by atoms with E-state index in [-0.39, 0.29) is 24.4 Å². The molecule has 2 rings (SSSR count). The van der Waals surface area contributed by atoms with Crippen molar-refractivity contribution in [1.82, 2.24) is 10.6 Å². The Hall–Kier alpha value is -1.87. The smallest absolute Gasteiger partial charge is 0.227 e. The summed E-state index contributed by atoms with van der Waals surface area (Å²) in [5.41, 5.74) is 7.04. The molecule has 0 spiro atoms. The molecule has 37 heavy (non-hydrogen) atoms. The SMILES string of the molecule is COCCCOc1cc(C[C@@H](C[C@H](N)[C@@H](O)CNC(=O)C(C)(C)[C@H]2CCCCN2)C(C)C)ccc1OC. The highest BCUT2D eigenvalue weighted by Crippen LogP contribution is 2.31. The number of carbonyl (C=O) groups excluding carboxylic acids is 1. The van der Waals surface area contributed by atoms with E-state index in [0.29, 0.717) is 31.3 Å². The Labute approximate surface area is 224 Å². The third-order valence-corrected chi connectivity index (χ3v) is 7.73. The molecule has 1 heterocycles. The van der Waals surface area contributed by atoms with E-state index in [1.54, 1.807) is 14.2 Å². The van der Waals surface area contributed by atoms with Gasteiger partial charge in [-0.15, -0.1) is 0 Å². The summed E-state index contributed by atoms with van der Waals surface area (Å²) in [6, 6.07) is 5.73. The molecule has 0 radical (unpaired) electrons. The second-order valence-electron chi connectivity index (χ2n) is 11.3. The average Bonchev–Trinajstić information content (AvgIpc) is 2.89. The van der Waals surface area contributed by atoms with Crippen molar-refractivity contribution in [3.8, 4) is 11.5 Å². The van der Waals surface area contributed by atoms with E-state index in [1.807, 2.05) is 26.0 Å². The summed E-state index contributed by atoms with van der Waals surface area (Å²) in [4.78, 5) is 12.9. The van der Waals surface area contributed by atoms with Crippen molar-refractivity contribution >= 4 is 5.91 Å². The van der Waals surface area contributed by atoms with Crippen molar-refractivity contribution in [2.45, 2.75) is 84.4 Å². The van der Waals surface area contributed by atoms with Gasteiger partial charge in [-0.2, -0.15) is 0 Å². The van der Waals surface area contributed by atoms with Crippen LogP contribution in [0.25, 0.3) is 0 Å². The minimum absolute atomic E-state index is 0.0465. The molecule has 212 valence electrons. The standard InChI is InChI=1S/C29H51N3O5/c1-20(2)22(16-21-11-12-25(36-6)26(17-21)37-15-9-14-35-5)18-23(30)24(33)19-32-28(34)29(3,4)27-10-7-8-13-31-27/h11-12,17,20,22-24,27,31,33H,7-10,13-16,18-19,30H2,1-6H3,(H,32,34)/t22-,23-,24-,27+/m0/s1. The van der Waals surface area contributed by atoms with Gasteiger partial charge in [-0.05, 0) is 75.6 Å². The monoisotopic (exact) mass is 521 g/mol. The van der Waals surface area contributed by atoms with Crippen LogP contribution in [-0.4, -0.2) is 69.7 Å². The Bertz CT molecular complexity index is 811. The molecule has 0 saturated carbocycles. The van der Waals surface area contributed by atoms with E-state index in [0.717, 1.165) is 50.0 Å². The fourth-order valence-corrected chi connectivity index (χ4v) is 4.95. The third-order valence-electron chi connectivity index (χ3n) is 7.73. The van der Waals surface area contributed by atoms with Crippen LogP contribution in [-0.2, 0) is 16.0 Å². The molecule has 0 aromatic heterocycles. The molecule has 1 aliphatic heterocycles. The Morgan fingerprint density at radius 2 is 1.97 bits per heavy atom. The lowest BCUT2D eigenvalue weighted by Gasteiger charge is -2.37. The summed E-state index contributed by atoms with van der Waals surface area (Å²) >= 11 is 0. The van der Waals surface area contributed by atoms with Gasteiger partial charge in [0.2, 0.25) is 5.91 Å². The Balaban J connectivity index is 1.94. The molecule has 4 atom stereocenters. The average molecular weight is 522 g/mol. The van der Waals surface area contributed by atoms with Gasteiger partial charge in [0.05, 0.1) is 25.2 Å². The molecule has 5 N–H and O–H groups in total. The van der Waals surface area contributed by atoms with Gasteiger partial charge < -0.3 is 35.7 Å². The van der Waals surface area contributed by atoms with Crippen LogP contribution < -0.4 is 25.8 Å². The number of nitrogens with two attached hydrogens (primary N) is 1. The molecule has 8 nitrogen and oxygen atoms in total. The number of hydrogen-bond acceptors (Lipinski definition) is 7. The molecule has 1 aromatic rings. The quantitative estimate of drug-likeness (QED) is 0.247. The number of rotatable bonds is 16. The van der Waals surface area contributed by atoms with E-state index in [2.05, 4.69) is 30.5 Å². The molecule has 1 amide bonds. The maximum atomic E-state index is 12.9. The molecular formula is C29H51N3O5. The van der Waals surface area contributed by atoms with Crippen LogP contribution in [0.5, 0.6) is 11.5 Å². The number of benzene rings is 1. The van der Waals surface area contributed by atoms with Gasteiger partial charge in [-0.1, -0.05) is 26.3 Å². The van der Waals surface area contributed by atoms with Gasteiger partial charge in [-0.3, -0.25) is 4.79 Å². The van der Waals surface area contributed by atoms with Crippen molar-refractivity contribution < 1.29 is 24.1 Å². The molecule has 0 bridgehead atoms. The predicted molar refractivity (Wildman–Crippen MR) is 148 cm³/mol. The van der Waals surface area contributed by atoms with Crippen LogP contribution in [0.2, 0.25) is 0 Å². The Morgan fingerprint density at radius 3 is 2.59 bits per heavy atom. The summed E-state index contributed by atoms with van der Waals surface area (Å²) in [6.45, 7) is 10.6. The topological polar surface area (TPSA) is 115 Å². The number of piperidine rings is 1. The number of ether oxygens (including phenoxy) is 3. The number of carbonyl (C=O) groups is 1. The van der Waals surface area contributed by atoms with E-state index < -0.39 is 17.6 Å². The Kier molecular flexibility index (Phi) is 13.1. The number of aliphatic hydroxyl groups is 1. The van der Waals surface area contributed by atoms with Crippen molar-refractivity contribution in [2.24, 2.45) is 23.0 Å². The number of nitrogens with one attached hydrogen (secondary N) is 2. The molecule has 0 aliphatic carbocycles. The fourth-order valence-electron chi connectivity index (χ4n) is 4.95. The minimum Gasteiger partial charge on any atom is -0.493 e. The molecule has 1 fully saturated rings. The summed E-state index contributed by atoms with van der Waals surface area (Å²) in [6.07, 6.45) is 4.73. The molecule has 1 saturated heterocycles. The first-order valence-corrected chi connectivity index (χ1v) is 13.8. The van der Waals surface area contributed by atoms with Crippen molar-refractivity contribution in [3.05, 3.63) is 23.8 Å². The molecule has 0 unspecified atom stereocenters. The lowest BCUT2D eigenvalue weighted by molar-refractivity contribution is -0.131. The fraction of sp³-hybridized carbons (Fsp3) is 0.759. The molecule has 8 heteroatoms. The van der Waals surface area contributed by atoms with Gasteiger partial charge in [-0.25, -0.2) is 0 Å². The zero-order valence-electron chi connectivity index (χ0n) is 23.8. The molecular weight excluding hydrogens is 470 g/mol. The van der Waals surface area contributed by atoms with Crippen molar-refractivity contribution in [2.75, 3.05) is 40.5 Å². The summed E-state index contributed by atoms with van der Waals surface area (Å²) in [5.74, 6) is 2.02. The van der Waals surface area contributed by atoms with Crippen molar-refractivity contribution in [3.63, 3.8) is 0 Å². The van der Waals surface area contributed by atoms with Crippen molar-refractivity contribution in [1.29, 1.82) is 0 Å². The lowest BCUT2D eigenvalue weighted by Crippen LogP contribution is -2.54. The van der Waals surface area contributed by atoms with Gasteiger partial charge in [0.25, 0.3) is 0 Å². The van der Waals surface area contributed by atoms with Crippen LogP contribution in [0.1, 0.15) is 65.4 Å². The number of aliphatic hydroxyl groups excluding tert-OH is 1. The van der Waals surface area contributed by atoms with E-state index in [9.17, 15) is 9.90 Å². The highest BCUT2D eigenvalue weighted by atomic mass is 16.5. The predicted octanol–water partition coefficient (Wildman–Crippen LogP) is 3.29. The largest absolute Gasteiger partial charge is 0.493 e. The van der Waals surface area contributed by atoms with Crippen LogP contribution in [0.3, 0.4) is 0 Å². The minimum atomic E-state index is -0.809. The van der Waals surface area contributed by atoms with Crippen LogP contribution in [0.15, 0.2) is 18.2 Å². The maximum Gasteiger partial charge on any atom is 0.227 e. The molecule has 1 aromatic carbocycles. The number of amides is 1. The molecule has 1 aliphatic rings. The first-order chi connectivity index (χ1) is 17.6. The van der Waals surface area contributed by atoms with Gasteiger partial charge in [0.1, 0.15) is 0 Å². The first-order valence-electron chi connectivity index (χ1n) is 13.8. The normalized spacial score (nSPS) is 18.8. The summed E-state index contributed by atoms with van der Waals surface area (Å²) in [7, 11) is 3.32. The summed E-state index contributed by atoms with van der Waals surface area (Å²) in [5, 5.41) is 17.2. The highest BCUT2D eigenvalue weighted by molar-refractivity contribution is 5.82. The first kappa shape index (κ1) is 31.3. The van der Waals surface area contributed by atoms with Gasteiger partial charge >= 0.3 is 0 Å². The second kappa shape index (κ2) is 15.5. The van der Waals surface area contributed by atoms with Crippen LogP contribution in [0.4, 0.5) is 0 Å². The van der Waals surface area contributed by atoms with Gasteiger partial charge in [0, 0.05) is 38.8 Å². The lowest BCUT2D eigenvalue weighted by atomic mass is 9.79. The summed E-state index contributed by atoms with van der Waals surface area (Å²) < 4.78 is 16.5. The van der Waals surface area contributed by atoms with E-state index in [1.165, 1.54) is 0 Å². The highest BCUT2D eigenvalue weighted by Gasteiger charge is 2.37. The van der Waals surface area contributed by atoms with Crippen LogP contribution >= 0.6 is 0 Å². The van der Waals surface area contributed by atoms with E-state index >= 15 is 0 Å². The Morgan fingerprint density at radius 1 is 1.22 bits per heavy atom.